The first-order valence-electron chi connectivity index (χ1n) is 12.2. The Hall–Kier alpha value is -4.11. The maximum Gasteiger partial charge on any atom is 0.337 e. The van der Waals surface area contributed by atoms with E-state index < -0.39 is 12.0 Å². The predicted octanol–water partition coefficient (Wildman–Crippen LogP) is 3.55. The first-order chi connectivity index (χ1) is 18.4. The van der Waals surface area contributed by atoms with Crippen LogP contribution in [0.3, 0.4) is 0 Å². The van der Waals surface area contributed by atoms with E-state index in [1.807, 2.05) is 44.2 Å². The van der Waals surface area contributed by atoms with Gasteiger partial charge in [0.05, 0.1) is 43.6 Å². The molecule has 38 heavy (non-hydrogen) atoms. The first-order valence-corrected chi connectivity index (χ1v) is 13.0. The number of allylic oxidation sites excluding steroid dienone is 1. The average Bonchev–Trinajstić information content (AvgIpc) is 3.24. The molecule has 8 nitrogen and oxygen atoms in total. The van der Waals surface area contributed by atoms with E-state index in [9.17, 15) is 9.59 Å². The van der Waals surface area contributed by atoms with Crippen LogP contribution < -0.4 is 29.1 Å². The highest BCUT2D eigenvalue weighted by Crippen LogP contribution is 2.35. The van der Waals surface area contributed by atoms with Crippen LogP contribution in [0, 0.1) is 0 Å². The molecule has 0 unspecified atom stereocenters. The Morgan fingerprint density at radius 1 is 1.08 bits per heavy atom. The van der Waals surface area contributed by atoms with E-state index in [4.69, 9.17) is 18.9 Å². The fourth-order valence-electron chi connectivity index (χ4n) is 4.34. The van der Waals surface area contributed by atoms with Crippen molar-refractivity contribution >= 4 is 23.4 Å². The number of aromatic nitrogens is 1. The average molecular weight is 535 g/mol. The summed E-state index contributed by atoms with van der Waals surface area (Å²) in [5.74, 6) is 1.31. The molecular weight excluding hydrogens is 504 g/mol. The Morgan fingerprint density at radius 2 is 1.82 bits per heavy atom. The SMILES string of the molecule is C=CCc1cc(/C=c2\sc3n(c2=O)[C@@H](c2ccc(OCC)c(OCC)c2)C(C(=O)OC)=CN=3)ccc1OC. The van der Waals surface area contributed by atoms with Crippen LogP contribution in [-0.2, 0) is 16.0 Å². The van der Waals surface area contributed by atoms with Gasteiger partial charge in [-0.3, -0.25) is 9.36 Å². The number of fused-ring (bicyclic) bond motifs is 1. The van der Waals surface area contributed by atoms with Crippen molar-refractivity contribution in [3.63, 3.8) is 0 Å². The molecular formula is C29H30N2O6S. The van der Waals surface area contributed by atoms with E-state index in [1.165, 1.54) is 29.2 Å². The number of carbonyl (C=O) groups is 1. The lowest BCUT2D eigenvalue weighted by atomic mass is 9.97. The van der Waals surface area contributed by atoms with Gasteiger partial charge in [0.15, 0.2) is 16.3 Å². The molecule has 0 N–H and O–H groups in total. The molecule has 0 fully saturated rings. The van der Waals surface area contributed by atoms with Gasteiger partial charge in [-0.2, -0.15) is 0 Å². The van der Waals surface area contributed by atoms with Crippen LogP contribution in [0.4, 0.5) is 0 Å². The summed E-state index contributed by atoms with van der Waals surface area (Å²) in [6.07, 6.45) is 5.72. The van der Waals surface area contributed by atoms with Crippen LogP contribution in [0.2, 0.25) is 0 Å². The zero-order chi connectivity index (χ0) is 27.2. The van der Waals surface area contributed by atoms with Crippen molar-refractivity contribution in [2.24, 2.45) is 4.99 Å². The van der Waals surface area contributed by atoms with Gasteiger partial charge in [-0.05, 0) is 67.3 Å². The lowest BCUT2D eigenvalue weighted by molar-refractivity contribution is -0.136. The molecule has 2 heterocycles. The Bertz CT molecular complexity index is 1570. The first kappa shape index (κ1) is 26.9. The third kappa shape index (κ3) is 5.28. The molecule has 0 saturated carbocycles. The minimum atomic E-state index is -0.747. The van der Waals surface area contributed by atoms with E-state index in [0.717, 1.165) is 16.9 Å². The number of hydrogen-bond acceptors (Lipinski definition) is 8. The van der Waals surface area contributed by atoms with E-state index in [0.29, 0.717) is 46.0 Å². The fraction of sp³-hybridized carbons (Fsp3) is 0.276. The standard InChI is InChI=1S/C29H30N2O6S/c1-6-9-19-14-18(10-12-22(19)34-4)15-25-27(32)31-26(21(28(33)35-5)17-30-29(31)38-25)20-11-13-23(36-7-2)24(16-20)37-8-3/h6,10-17,26H,1,7-9H2,2-5H3/b25-15-/t26-/m0/s1. The molecule has 0 aliphatic carbocycles. The largest absolute Gasteiger partial charge is 0.496 e. The zero-order valence-electron chi connectivity index (χ0n) is 21.9. The van der Waals surface area contributed by atoms with Gasteiger partial charge < -0.3 is 18.9 Å². The third-order valence-corrected chi connectivity index (χ3v) is 6.97. The van der Waals surface area contributed by atoms with Crippen molar-refractivity contribution in [3.8, 4) is 17.2 Å². The molecule has 1 aromatic heterocycles. The molecule has 0 spiro atoms. The number of nitrogens with zero attached hydrogens (tertiary/aromatic N) is 2. The molecule has 0 amide bonds. The van der Waals surface area contributed by atoms with Gasteiger partial charge in [0, 0.05) is 6.20 Å². The second-order valence-corrected chi connectivity index (χ2v) is 9.32. The zero-order valence-corrected chi connectivity index (χ0v) is 22.7. The maximum atomic E-state index is 13.8. The van der Waals surface area contributed by atoms with Crippen molar-refractivity contribution < 1.29 is 23.7 Å². The fourth-order valence-corrected chi connectivity index (χ4v) is 5.31. The number of carbonyl (C=O) groups excluding carboxylic acids is 1. The predicted molar refractivity (Wildman–Crippen MR) is 147 cm³/mol. The second-order valence-electron chi connectivity index (χ2n) is 8.31. The highest BCUT2D eigenvalue weighted by Gasteiger charge is 2.31. The molecule has 198 valence electrons. The van der Waals surface area contributed by atoms with Crippen molar-refractivity contribution in [2.45, 2.75) is 26.3 Å². The third-order valence-electron chi connectivity index (χ3n) is 5.97. The summed E-state index contributed by atoms with van der Waals surface area (Å²) in [4.78, 5) is 31.5. The maximum absolute atomic E-state index is 13.8. The normalized spacial score (nSPS) is 14.7. The molecule has 0 radical (unpaired) electrons. The molecule has 4 rings (SSSR count). The molecule has 2 aromatic carbocycles. The number of methoxy groups -OCH3 is 2. The van der Waals surface area contributed by atoms with E-state index in [1.54, 1.807) is 25.3 Å². The Balaban J connectivity index is 1.88. The second kappa shape index (κ2) is 12.0. The number of rotatable bonds is 10. The molecule has 9 heteroatoms. The van der Waals surface area contributed by atoms with E-state index in [2.05, 4.69) is 11.6 Å². The van der Waals surface area contributed by atoms with Gasteiger partial charge in [0.1, 0.15) is 5.75 Å². The molecule has 0 bridgehead atoms. The van der Waals surface area contributed by atoms with Crippen molar-refractivity contribution in [3.05, 3.63) is 97.2 Å². The topological polar surface area (TPSA) is 88.4 Å². The van der Waals surface area contributed by atoms with Gasteiger partial charge in [-0.15, -0.1) is 6.58 Å². The monoisotopic (exact) mass is 534 g/mol. The summed E-state index contributed by atoms with van der Waals surface area (Å²) >= 11 is 1.26. The Labute approximate surface area is 224 Å². The molecule has 1 aliphatic rings. The highest BCUT2D eigenvalue weighted by atomic mass is 32.1. The van der Waals surface area contributed by atoms with Crippen LogP contribution in [-0.4, -0.2) is 38.0 Å². The van der Waals surface area contributed by atoms with Crippen LogP contribution in [0.1, 0.15) is 36.6 Å². The summed E-state index contributed by atoms with van der Waals surface area (Å²) in [5.41, 5.74) is 2.47. The molecule has 1 atom stereocenters. The number of benzene rings is 2. The van der Waals surface area contributed by atoms with Gasteiger partial charge >= 0.3 is 5.97 Å². The van der Waals surface area contributed by atoms with Crippen molar-refractivity contribution in [1.29, 1.82) is 0 Å². The van der Waals surface area contributed by atoms with Gasteiger partial charge in [0.25, 0.3) is 5.56 Å². The van der Waals surface area contributed by atoms with Crippen LogP contribution >= 0.6 is 11.3 Å². The Kier molecular flexibility index (Phi) is 8.48. The van der Waals surface area contributed by atoms with Gasteiger partial charge in [-0.25, -0.2) is 9.79 Å². The lowest BCUT2D eigenvalue weighted by Gasteiger charge is -2.23. The van der Waals surface area contributed by atoms with E-state index in [-0.39, 0.29) is 11.1 Å². The molecule has 1 aliphatic heterocycles. The number of hydrogen-bond donors (Lipinski definition) is 0. The number of esters is 1. The van der Waals surface area contributed by atoms with Crippen molar-refractivity contribution in [1.82, 2.24) is 4.57 Å². The Morgan fingerprint density at radius 3 is 2.50 bits per heavy atom. The van der Waals surface area contributed by atoms with Crippen molar-refractivity contribution in [2.75, 3.05) is 27.4 Å². The summed E-state index contributed by atoms with van der Waals surface area (Å²) in [6.45, 7) is 8.49. The van der Waals surface area contributed by atoms with Gasteiger partial charge in [0.2, 0.25) is 0 Å². The summed E-state index contributed by atoms with van der Waals surface area (Å²) in [5, 5.41) is 0. The number of thiazole rings is 1. The van der Waals surface area contributed by atoms with Crippen LogP contribution in [0.25, 0.3) is 6.08 Å². The lowest BCUT2D eigenvalue weighted by Crippen LogP contribution is -2.39. The highest BCUT2D eigenvalue weighted by molar-refractivity contribution is 7.07. The molecule has 0 saturated heterocycles. The summed E-state index contributed by atoms with van der Waals surface area (Å²) < 4.78 is 24.0. The van der Waals surface area contributed by atoms with E-state index >= 15 is 0 Å². The summed E-state index contributed by atoms with van der Waals surface area (Å²) in [7, 11) is 2.93. The van der Waals surface area contributed by atoms with Gasteiger partial charge in [-0.1, -0.05) is 29.5 Å². The molecule has 3 aromatic rings. The quantitative estimate of drug-likeness (QED) is 0.292. The van der Waals surface area contributed by atoms with Crippen LogP contribution in [0.15, 0.2) is 70.6 Å². The minimum absolute atomic E-state index is 0.246. The van der Waals surface area contributed by atoms with Crippen LogP contribution in [0.5, 0.6) is 17.2 Å². The minimum Gasteiger partial charge on any atom is -0.496 e. The smallest absolute Gasteiger partial charge is 0.337 e. The summed E-state index contributed by atoms with van der Waals surface area (Å²) in [6, 6.07) is 10.4. The number of ether oxygens (including phenoxy) is 4.